The van der Waals surface area contributed by atoms with Gasteiger partial charge < -0.3 is 15.2 Å². The molecule has 0 fully saturated rings. The van der Waals surface area contributed by atoms with Crippen LogP contribution in [0, 0.1) is 0 Å². The minimum Gasteiger partial charge on any atom is -0.479 e. The first kappa shape index (κ1) is 23.1. The normalized spacial score (nSPS) is 13.6. The van der Waals surface area contributed by atoms with Gasteiger partial charge in [0, 0.05) is 5.92 Å². The maximum absolute atomic E-state index is 13.2. The molecule has 0 saturated heterocycles. The van der Waals surface area contributed by atoms with Crippen LogP contribution in [-0.4, -0.2) is 48.5 Å². The van der Waals surface area contributed by atoms with E-state index >= 15 is 0 Å². The van der Waals surface area contributed by atoms with Crippen LogP contribution in [-0.2, 0) is 19.2 Å². The Bertz CT molecular complexity index is 966. The number of halogens is 3. The average Bonchev–Trinajstić information content (AvgIpc) is 3.05. The van der Waals surface area contributed by atoms with Crippen molar-refractivity contribution in [2.75, 3.05) is 13.2 Å². The second-order valence-electron chi connectivity index (χ2n) is 6.98. The predicted molar refractivity (Wildman–Crippen MR) is 104 cm³/mol. The molecule has 3 rings (SSSR count). The molecular weight excluding hydrogens is 433 g/mol. The highest BCUT2D eigenvalue weighted by Gasteiger charge is 2.42. The maximum Gasteiger partial charge on any atom is 0.409 e. The summed E-state index contributed by atoms with van der Waals surface area (Å²) in [6.45, 7) is -1.12. The largest absolute Gasteiger partial charge is 0.479 e. The van der Waals surface area contributed by atoms with E-state index in [1.807, 2.05) is 48.5 Å². The van der Waals surface area contributed by atoms with Crippen LogP contribution < -0.4 is 10.8 Å². The molecule has 0 heterocycles. The number of carboxylic acids is 1. The van der Waals surface area contributed by atoms with Crippen LogP contribution in [0.15, 0.2) is 48.5 Å². The Balaban J connectivity index is 1.61. The summed E-state index contributed by atoms with van der Waals surface area (Å²) in [5.74, 6) is -3.02. The summed E-state index contributed by atoms with van der Waals surface area (Å²) >= 11 is 0. The minimum atomic E-state index is -4.95. The van der Waals surface area contributed by atoms with Crippen molar-refractivity contribution >= 4 is 18.0 Å². The third kappa shape index (κ3) is 5.55. The van der Waals surface area contributed by atoms with Gasteiger partial charge in [-0.25, -0.2) is 15.1 Å². The number of aliphatic carboxylic acids is 1. The average molecular weight is 452 g/mol. The second kappa shape index (κ2) is 9.69. The summed E-state index contributed by atoms with van der Waals surface area (Å²) in [5.41, 5.74) is 5.28. The highest BCUT2D eigenvalue weighted by molar-refractivity contribution is 5.79. The molecule has 0 aliphatic heterocycles. The number of fused-ring (bicyclic) bond motifs is 3. The first-order valence-electron chi connectivity index (χ1n) is 9.47. The Morgan fingerprint density at radius 2 is 1.56 bits per heavy atom. The molecular formula is C21H19F3N2O6. The van der Waals surface area contributed by atoms with Crippen molar-refractivity contribution in [2.24, 2.45) is 0 Å². The number of amides is 2. The number of hydroxylamine groups is 1. The molecule has 1 atom stereocenters. The number of carbonyl (C=O) groups excluding carboxylic acids is 2. The summed E-state index contributed by atoms with van der Waals surface area (Å²) in [6.07, 6.45) is -7.50. The molecule has 0 radical (unpaired) electrons. The molecule has 1 aliphatic rings. The number of rotatable bonds is 8. The number of carboxylic acid groups (broad SMARTS) is 1. The fourth-order valence-corrected chi connectivity index (χ4v) is 3.44. The fraction of sp³-hybridized carbons (Fsp3) is 0.286. The number of carbonyl (C=O) groups is 3. The van der Waals surface area contributed by atoms with Crippen molar-refractivity contribution in [3.63, 3.8) is 0 Å². The summed E-state index contributed by atoms with van der Waals surface area (Å²) in [7, 11) is 0. The number of hydrogen-bond acceptors (Lipinski definition) is 5. The maximum atomic E-state index is 13.2. The molecule has 3 N–H and O–H groups in total. The van der Waals surface area contributed by atoms with Crippen LogP contribution in [0.1, 0.15) is 23.5 Å². The van der Waals surface area contributed by atoms with Crippen molar-refractivity contribution in [3.8, 4) is 11.1 Å². The number of benzene rings is 2. The number of nitrogens with one attached hydrogen (secondary N) is 2. The van der Waals surface area contributed by atoms with Crippen molar-refractivity contribution in [3.05, 3.63) is 59.7 Å². The van der Waals surface area contributed by atoms with E-state index < -0.39 is 43.2 Å². The molecule has 0 aromatic heterocycles. The molecule has 2 aromatic carbocycles. The highest BCUT2D eigenvalue weighted by atomic mass is 19.4. The van der Waals surface area contributed by atoms with Crippen LogP contribution in [0.4, 0.5) is 18.0 Å². The fourth-order valence-electron chi connectivity index (χ4n) is 3.44. The van der Waals surface area contributed by atoms with Crippen molar-refractivity contribution in [1.29, 1.82) is 0 Å². The first-order valence-corrected chi connectivity index (χ1v) is 9.47. The Hall–Kier alpha value is -3.60. The van der Waals surface area contributed by atoms with Gasteiger partial charge in [0.05, 0.1) is 6.42 Å². The number of hydrogen-bond donors (Lipinski definition) is 3. The van der Waals surface area contributed by atoms with Gasteiger partial charge in [-0.1, -0.05) is 48.5 Å². The van der Waals surface area contributed by atoms with Crippen LogP contribution in [0.2, 0.25) is 0 Å². The van der Waals surface area contributed by atoms with Gasteiger partial charge in [-0.3, -0.25) is 9.63 Å². The van der Waals surface area contributed by atoms with Crippen molar-refractivity contribution < 1.29 is 42.2 Å². The predicted octanol–water partition coefficient (Wildman–Crippen LogP) is 2.98. The Kier molecular flexibility index (Phi) is 6.98. The molecule has 0 bridgehead atoms. The lowest BCUT2D eigenvalue weighted by Gasteiger charge is -2.21. The van der Waals surface area contributed by atoms with Crippen LogP contribution in [0.25, 0.3) is 11.1 Å². The summed E-state index contributed by atoms with van der Waals surface area (Å²) < 4.78 is 44.8. The van der Waals surface area contributed by atoms with Crippen LogP contribution >= 0.6 is 0 Å². The third-order valence-electron chi connectivity index (χ3n) is 4.80. The lowest BCUT2D eigenvalue weighted by molar-refractivity contribution is -0.165. The van der Waals surface area contributed by atoms with Gasteiger partial charge in [-0.2, -0.15) is 13.2 Å². The summed E-state index contributed by atoms with van der Waals surface area (Å²) in [6, 6.07) is 12.4. The second-order valence-corrected chi connectivity index (χ2v) is 6.98. The van der Waals surface area contributed by atoms with E-state index in [2.05, 4.69) is 4.84 Å². The zero-order valence-electron chi connectivity index (χ0n) is 16.5. The molecule has 0 spiro atoms. The van der Waals surface area contributed by atoms with E-state index in [0.29, 0.717) is 0 Å². The van der Waals surface area contributed by atoms with Gasteiger partial charge >= 0.3 is 18.2 Å². The Morgan fingerprint density at radius 1 is 1.00 bits per heavy atom. The minimum absolute atomic E-state index is 0.196. The van der Waals surface area contributed by atoms with Crippen molar-refractivity contribution in [2.45, 2.75) is 24.6 Å². The lowest BCUT2D eigenvalue weighted by atomic mass is 9.98. The van der Waals surface area contributed by atoms with E-state index in [-0.39, 0.29) is 12.5 Å². The summed E-state index contributed by atoms with van der Waals surface area (Å²) in [4.78, 5) is 38.2. The van der Waals surface area contributed by atoms with Gasteiger partial charge in [0.2, 0.25) is 5.91 Å². The molecule has 32 heavy (non-hydrogen) atoms. The number of alkyl carbamates (subject to hydrolysis) is 1. The van der Waals surface area contributed by atoms with E-state index in [4.69, 9.17) is 9.84 Å². The van der Waals surface area contributed by atoms with Crippen LogP contribution in [0.3, 0.4) is 0 Å². The Labute approximate surface area is 180 Å². The lowest BCUT2D eigenvalue weighted by Crippen LogP contribution is -2.48. The highest BCUT2D eigenvalue weighted by Crippen LogP contribution is 2.44. The number of alkyl halides is 3. The molecule has 2 amide bonds. The number of ether oxygens (including phenoxy) is 1. The molecule has 0 saturated carbocycles. The zero-order chi connectivity index (χ0) is 23.3. The molecule has 170 valence electrons. The van der Waals surface area contributed by atoms with Crippen molar-refractivity contribution in [1.82, 2.24) is 10.8 Å². The topological polar surface area (TPSA) is 114 Å². The van der Waals surface area contributed by atoms with E-state index in [0.717, 1.165) is 22.3 Å². The summed E-state index contributed by atoms with van der Waals surface area (Å²) in [5, 5.41) is 10.0. The van der Waals surface area contributed by atoms with Gasteiger partial charge in [0.25, 0.3) is 0 Å². The molecule has 2 aromatic rings. The molecule has 11 heteroatoms. The first-order chi connectivity index (χ1) is 15.2. The van der Waals surface area contributed by atoms with Crippen LogP contribution in [0.5, 0.6) is 0 Å². The van der Waals surface area contributed by atoms with Gasteiger partial charge in [-0.05, 0) is 22.3 Å². The van der Waals surface area contributed by atoms with E-state index in [1.165, 1.54) is 0 Å². The molecule has 1 unspecified atom stereocenters. The SMILES string of the molecule is O=C(O)CONC(=O)CC(NC(=O)OCC1c2ccccc2-c2ccccc21)C(F)(F)F. The smallest absolute Gasteiger partial charge is 0.409 e. The van der Waals surface area contributed by atoms with Gasteiger partial charge in [0.1, 0.15) is 12.6 Å². The van der Waals surface area contributed by atoms with E-state index in [1.54, 1.807) is 10.8 Å². The standard InChI is InChI=1S/C21H19F3N2O6/c22-21(23,24)17(9-18(27)26-32-11-19(28)29)25-20(30)31-10-16-14-7-3-1-5-12(14)13-6-2-4-8-15(13)16/h1-8,16-17H,9-11H2,(H,25,30)(H,26,27)(H,28,29). The zero-order valence-corrected chi connectivity index (χ0v) is 16.5. The van der Waals surface area contributed by atoms with E-state index in [9.17, 15) is 27.6 Å². The monoisotopic (exact) mass is 452 g/mol. The molecule has 1 aliphatic carbocycles. The quantitative estimate of drug-likeness (QED) is 0.531. The van der Waals surface area contributed by atoms with Gasteiger partial charge in [0.15, 0.2) is 6.61 Å². The molecule has 8 nitrogen and oxygen atoms in total. The van der Waals surface area contributed by atoms with Gasteiger partial charge in [-0.15, -0.1) is 0 Å². The Morgan fingerprint density at radius 3 is 2.09 bits per heavy atom. The third-order valence-corrected chi connectivity index (χ3v) is 4.80.